The molecule has 102 valence electrons. The molecule has 4 heteroatoms. The highest BCUT2D eigenvalue weighted by Crippen LogP contribution is 2.28. The average Bonchev–Trinajstić information content (AvgIpc) is 2.88. The quantitative estimate of drug-likeness (QED) is 0.770. The topological polar surface area (TPSA) is 45.1 Å². The first-order valence-electron chi connectivity index (χ1n) is 6.57. The number of aromatic hydroxyl groups is 1. The first-order valence-corrected chi connectivity index (χ1v) is 7.38. The van der Waals surface area contributed by atoms with Gasteiger partial charge in [-0.05, 0) is 43.3 Å². The van der Waals surface area contributed by atoms with Gasteiger partial charge in [0, 0.05) is 0 Å². The molecule has 0 spiro atoms. The Morgan fingerprint density at radius 3 is 2.80 bits per heavy atom. The number of benzene rings is 2. The molecule has 0 amide bonds. The van der Waals surface area contributed by atoms with Crippen molar-refractivity contribution in [2.45, 2.75) is 12.5 Å². The molecule has 2 N–H and O–H groups in total. The number of phenols is 1. The van der Waals surface area contributed by atoms with Crippen molar-refractivity contribution in [1.29, 1.82) is 0 Å². The molecule has 0 saturated heterocycles. The van der Waals surface area contributed by atoms with Crippen LogP contribution in [0.5, 0.6) is 5.75 Å². The standard InChI is InChI=1S/C16H16N2OS/c1-17-14(10-11-5-4-6-12(19)9-11)16-18-13-7-2-3-8-15(13)20-16/h2-9,14,17,19H,10H2,1H3. The summed E-state index contributed by atoms with van der Waals surface area (Å²) in [7, 11) is 1.94. The summed E-state index contributed by atoms with van der Waals surface area (Å²) in [6, 6.07) is 15.7. The van der Waals surface area contributed by atoms with Crippen molar-refractivity contribution < 1.29 is 5.11 Å². The van der Waals surface area contributed by atoms with Crippen LogP contribution >= 0.6 is 11.3 Å². The van der Waals surface area contributed by atoms with Crippen LogP contribution in [0, 0.1) is 0 Å². The number of likely N-dealkylation sites (N-methyl/N-ethyl adjacent to an activating group) is 1. The molecule has 0 saturated carbocycles. The molecule has 0 aliphatic heterocycles. The van der Waals surface area contributed by atoms with Crippen LogP contribution in [0.4, 0.5) is 0 Å². The molecule has 3 aromatic rings. The smallest absolute Gasteiger partial charge is 0.115 e. The normalized spacial score (nSPS) is 12.7. The summed E-state index contributed by atoms with van der Waals surface area (Å²) < 4.78 is 1.21. The van der Waals surface area contributed by atoms with Gasteiger partial charge in [0.15, 0.2) is 0 Å². The lowest BCUT2D eigenvalue weighted by atomic mass is 10.1. The Bertz CT molecular complexity index is 690. The molecule has 0 aliphatic rings. The van der Waals surface area contributed by atoms with E-state index in [9.17, 15) is 5.11 Å². The van der Waals surface area contributed by atoms with E-state index in [1.54, 1.807) is 23.5 Å². The Kier molecular flexibility index (Phi) is 3.67. The fourth-order valence-corrected chi connectivity index (χ4v) is 3.35. The minimum Gasteiger partial charge on any atom is -0.508 e. The van der Waals surface area contributed by atoms with Gasteiger partial charge in [0.05, 0.1) is 16.3 Å². The maximum atomic E-state index is 9.55. The van der Waals surface area contributed by atoms with Gasteiger partial charge in [0.1, 0.15) is 10.8 Å². The van der Waals surface area contributed by atoms with Crippen LogP contribution in [0.3, 0.4) is 0 Å². The molecule has 1 aromatic heterocycles. The summed E-state index contributed by atoms with van der Waals surface area (Å²) in [5, 5.41) is 13.9. The molecule has 2 aromatic carbocycles. The SMILES string of the molecule is CNC(Cc1cccc(O)c1)c1nc2ccccc2s1. The molecule has 0 aliphatic carbocycles. The Labute approximate surface area is 121 Å². The Hall–Kier alpha value is -1.91. The highest BCUT2D eigenvalue weighted by atomic mass is 32.1. The zero-order valence-corrected chi connectivity index (χ0v) is 12.0. The molecule has 1 unspecified atom stereocenters. The van der Waals surface area contributed by atoms with Crippen LogP contribution in [0.15, 0.2) is 48.5 Å². The first kappa shape index (κ1) is 13.1. The molecule has 1 atom stereocenters. The molecule has 0 fully saturated rings. The highest BCUT2D eigenvalue weighted by Gasteiger charge is 2.15. The van der Waals surface area contributed by atoms with E-state index >= 15 is 0 Å². The van der Waals surface area contributed by atoms with E-state index in [-0.39, 0.29) is 6.04 Å². The summed E-state index contributed by atoms with van der Waals surface area (Å²) in [4.78, 5) is 4.70. The number of rotatable bonds is 4. The van der Waals surface area contributed by atoms with Crippen LogP contribution in [0.1, 0.15) is 16.6 Å². The number of hydrogen-bond acceptors (Lipinski definition) is 4. The molecular formula is C16H16N2OS. The van der Waals surface area contributed by atoms with Gasteiger partial charge in [0.25, 0.3) is 0 Å². The van der Waals surface area contributed by atoms with E-state index in [1.165, 1.54) is 4.70 Å². The third-order valence-corrected chi connectivity index (χ3v) is 4.46. The summed E-state index contributed by atoms with van der Waals surface area (Å²) in [6.07, 6.45) is 0.810. The van der Waals surface area contributed by atoms with E-state index in [0.717, 1.165) is 22.5 Å². The fourth-order valence-electron chi connectivity index (χ4n) is 2.27. The number of nitrogens with one attached hydrogen (secondary N) is 1. The summed E-state index contributed by atoms with van der Waals surface area (Å²) in [5.74, 6) is 0.307. The number of aromatic nitrogens is 1. The molecule has 20 heavy (non-hydrogen) atoms. The second-order valence-corrected chi connectivity index (χ2v) is 5.80. The van der Waals surface area contributed by atoms with Crippen LogP contribution < -0.4 is 5.32 Å². The molecule has 3 nitrogen and oxygen atoms in total. The third-order valence-electron chi connectivity index (χ3n) is 3.31. The van der Waals surface area contributed by atoms with E-state index in [0.29, 0.717) is 5.75 Å². The summed E-state index contributed by atoms with van der Waals surface area (Å²) in [6.45, 7) is 0. The summed E-state index contributed by atoms with van der Waals surface area (Å²) in [5.41, 5.74) is 2.15. The Morgan fingerprint density at radius 2 is 2.05 bits per heavy atom. The van der Waals surface area contributed by atoms with Crippen LogP contribution in [-0.2, 0) is 6.42 Å². The maximum absolute atomic E-state index is 9.55. The van der Waals surface area contributed by atoms with E-state index in [2.05, 4.69) is 11.4 Å². The zero-order valence-electron chi connectivity index (χ0n) is 11.2. The highest BCUT2D eigenvalue weighted by molar-refractivity contribution is 7.18. The summed E-state index contributed by atoms with van der Waals surface area (Å²) >= 11 is 1.72. The first-order chi connectivity index (χ1) is 9.76. The number of nitrogens with zero attached hydrogens (tertiary/aromatic N) is 1. The minimum atomic E-state index is 0.161. The van der Waals surface area contributed by atoms with Crippen molar-refractivity contribution in [3.63, 3.8) is 0 Å². The monoisotopic (exact) mass is 284 g/mol. The number of para-hydroxylation sites is 1. The predicted molar refractivity (Wildman–Crippen MR) is 83.2 cm³/mol. The lowest BCUT2D eigenvalue weighted by Crippen LogP contribution is -2.18. The van der Waals surface area contributed by atoms with Crippen LogP contribution in [-0.4, -0.2) is 17.1 Å². The predicted octanol–water partition coefficient (Wildman–Crippen LogP) is 3.51. The lowest BCUT2D eigenvalue weighted by molar-refractivity contribution is 0.473. The third kappa shape index (κ3) is 2.66. The van der Waals surface area contributed by atoms with Gasteiger partial charge in [-0.1, -0.05) is 24.3 Å². The zero-order chi connectivity index (χ0) is 13.9. The van der Waals surface area contributed by atoms with Gasteiger partial charge in [0.2, 0.25) is 0 Å². The molecule has 0 radical (unpaired) electrons. The number of phenolic OH excluding ortho intramolecular Hbond substituents is 1. The van der Waals surface area contributed by atoms with Gasteiger partial charge in [-0.3, -0.25) is 0 Å². The second-order valence-electron chi connectivity index (χ2n) is 4.74. The van der Waals surface area contributed by atoms with E-state index in [1.807, 2.05) is 37.4 Å². The molecule has 3 rings (SSSR count). The number of fused-ring (bicyclic) bond motifs is 1. The Morgan fingerprint density at radius 1 is 1.20 bits per heavy atom. The van der Waals surface area contributed by atoms with Crippen molar-refractivity contribution in [3.8, 4) is 5.75 Å². The van der Waals surface area contributed by atoms with Gasteiger partial charge < -0.3 is 10.4 Å². The van der Waals surface area contributed by atoms with Gasteiger partial charge >= 0.3 is 0 Å². The number of thiazole rings is 1. The average molecular weight is 284 g/mol. The van der Waals surface area contributed by atoms with Crippen LogP contribution in [0.25, 0.3) is 10.2 Å². The van der Waals surface area contributed by atoms with Gasteiger partial charge in [-0.25, -0.2) is 4.98 Å². The van der Waals surface area contributed by atoms with Crippen molar-refractivity contribution in [2.75, 3.05) is 7.05 Å². The molecule has 1 heterocycles. The van der Waals surface area contributed by atoms with E-state index < -0.39 is 0 Å². The van der Waals surface area contributed by atoms with Gasteiger partial charge in [-0.15, -0.1) is 11.3 Å². The van der Waals surface area contributed by atoms with Crippen molar-refractivity contribution >= 4 is 21.6 Å². The van der Waals surface area contributed by atoms with E-state index in [4.69, 9.17) is 4.98 Å². The van der Waals surface area contributed by atoms with Gasteiger partial charge in [-0.2, -0.15) is 0 Å². The Balaban J connectivity index is 1.89. The molecule has 0 bridgehead atoms. The van der Waals surface area contributed by atoms with Crippen LogP contribution in [0.2, 0.25) is 0 Å². The molecular weight excluding hydrogens is 268 g/mol. The largest absolute Gasteiger partial charge is 0.508 e. The fraction of sp³-hybridized carbons (Fsp3) is 0.188. The minimum absolute atomic E-state index is 0.161. The van der Waals surface area contributed by atoms with Crippen molar-refractivity contribution in [2.24, 2.45) is 0 Å². The van der Waals surface area contributed by atoms with Crippen molar-refractivity contribution in [3.05, 3.63) is 59.1 Å². The van der Waals surface area contributed by atoms with Crippen molar-refractivity contribution in [1.82, 2.24) is 10.3 Å². The lowest BCUT2D eigenvalue weighted by Gasteiger charge is -2.13. The number of hydrogen-bond donors (Lipinski definition) is 2. The maximum Gasteiger partial charge on any atom is 0.115 e. The second kappa shape index (κ2) is 5.61.